The molecule has 0 aliphatic rings. The van der Waals surface area contributed by atoms with Crippen LogP contribution >= 0.6 is 143 Å². The molecule has 0 radical (unpaired) electrons. The monoisotopic (exact) mass is 1400 g/mol. The van der Waals surface area contributed by atoms with Crippen LogP contribution in [0.4, 0.5) is 0 Å². The Labute approximate surface area is 421 Å². The van der Waals surface area contributed by atoms with E-state index in [-0.39, 0.29) is 96.0 Å². The fourth-order valence-electron chi connectivity index (χ4n) is 4.75. The maximum atomic E-state index is 13.3. The number of halogens is 9. The van der Waals surface area contributed by atoms with Crippen LogP contribution in [-0.4, -0.2) is 97.2 Å². The molecule has 21 heteroatoms. The summed E-state index contributed by atoms with van der Waals surface area (Å²) in [7, 11) is 0. The van der Waals surface area contributed by atoms with E-state index < -0.39 is 17.9 Å². The van der Waals surface area contributed by atoms with Gasteiger partial charge in [-0.05, 0) is 150 Å². The van der Waals surface area contributed by atoms with Gasteiger partial charge >= 0.3 is 17.9 Å². The molecule has 4 aromatic rings. The molecule has 0 aliphatic carbocycles. The molecular weight excluding hydrogens is 1380 g/mol. The number of carbonyl (C=O) groups excluding carboxylic acids is 3. The van der Waals surface area contributed by atoms with Gasteiger partial charge in [0.2, 0.25) is 0 Å². The third-order valence-electron chi connectivity index (χ3n) is 7.39. The van der Waals surface area contributed by atoms with Gasteiger partial charge in [0.15, 0.2) is 0 Å². The summed E-state index contributed by atoms with van der Waals surface area (Å²) in [6.45, 7) is 1.23. The van der Waals surface area contributed by atoms with Gasteiger partial charge in [-0.25, -0.2) is 14.4 Å². The molecule has 12 nitrogen and oxygen atoms in total. The van der Waals surface area contributed by atoms with E-state index in [0.29, 0.717) is 17.2 Å². The topological polar surface area (TPSA) is 134 Å². The van der Waals surface area contributed by atoms with Gasteiger partial charge in [0.25, 0.3) is 0 Å². The van der Waals surface area contributed by atoms with Crippen molar-refractivity contribution in [3.05, 3.63) is 112 Å². The highest BCUT2D eigenvalue weighted by molar-refractivity contribution is 9.12. The second kappa shape index (κ2) is 27.3. The second-order valence-electron chi connectivity index (χ2n) is 11.6. The number of rotatable bonds is 24. The van der Waals surface area contributed by atoms with Crippen LogP contribution in [0.1, 0.15) is 31.1 Å². The highest BCUT2D eigenvalue weighted by Gasteiger charge is 2.23. The van der Waals surface area contributed by atoms with Gasteiger partial charge in [0.1, 0.15) is 56.9 Å². The lowest BCUT2D eigenvalue weighted by Crippen LogP contribution is -2.20. The first-order valence-corrected chi connectivity index (χ1v) is 24.6. The number of benzene rings is 4. The van der Waals surface area contributed by atoms with E-state index in [1.165, 1.54) is 18.2 Å². The number of ether oxygens (including phenoxy) is 9. The minimum Gasteiger partial charge on any atom is -0.489 e. The maximum Gasteiger partial charge on any atom is 0.339 e. The van der Waals surface area contributed by atoms with Crippen LogP contribution in [0.3, 0.4) is 0 Å². The van der Waals surface area contributed by atoms with Gasteiger partial charge < -0.3 is 42.6 Å². The Hall–Kier alpha value is -1.11. The maximum absolute atomic E-state index is 13.3. The molecule has 0 unspecified atom stereocenters. The number of carbonyl (C=O) groups is 3. The molecule has 0 aromatic heterocycles. The first-order chi connectivity index (χ1) is 28.7. The van der Waals surface area contributed by atoms with E-state index >= 15 is 0 Å². The lowest BCUT2D eigenvalue weighted by Gasteiger charge is -2.13. The van der Waals surface area contributed by atoms with Crippen LogP contribution in [0.2, 0.25) is 0 Å². The second-order valence-corrected chi connectivity index (χ2v) is 19.5. The lowest BCUT2D eigenvalue weighted by atomic mass is 10.0. The van der Waals surface area contributed by atoms with Gasteiger partial charge in [-0.3, -0.25) is 0 Å². The van der Waals surface area contributed by atoms with Gasteiger partial charge in [-0.15, -0.1) is 0 Å². The first kappa shape index (κ1) is 51.5. The van der Waals surface area contributed by atoms with Crippen molar-refractivity contribution in [3.8, 4) is 17.2 Å². The Bertz CT molecular complexity index is 2030. The number of hydrogen-bond donors (Lipinski definition) is 0. The summed E-state index contributed by atoms with van der Waals surface area (Å²) in [5.74, 6) is -0.571. The molecule has 0 saturated carbocycles. The molecule has 4 rings (SSSR count). The normalized spacial score (nSPS) is 10.9. The van der Waals surface area contributed by atoms with Crippen LogP contribution < -0.4 is 14.2 Å². The molecular formula is C39H33Br9O12. The average molecular weight is 1410 g/mol. The van der Waals surface area contributed by atoms with Crippen LogP contribution in [0.25, 0.3) is 0 Å². The Kier molecular flexibility index (Phi) is 23.4. The van der Waals surface area contributed by atoms with Crippen molar-refractivity contribution in [2.45, 2.75) is 0 Å². The smallest absolute Gasteiger partial charge is 0.339 e. The van der Waals surface area contributed by atoms with E-state index in [0.717, 1.165) is 40.3 Å². The fourth-order valence-corrected chi connectivity index (χ4v) is 12.2. The van der Waals surface area contributed by atoms with Crippen molar-refractivity contribution in [2.24, 2.45) is 0 Å². The summed E-state index contributed by atoms with van der Waals surface area (Å²) in [6, 6.07) is 15.0. The predicted molar refractivity (Wildman–Crippen MR) is 255 cm³/mol. The van der Waals surface area contributed by atoms with Crippen molar-refractivity contribution < 1.29 is 57.0 Å². The SMILES string of the molecule is O=C(OCCOCCOc1c(Br)cc(Br)cc1Br)c1ccc(C(=O)OCCOCCOc2c(Br)cc(Br)cc2Br)c(C(=O)OCCOCCOc2c(Br)cc(Br)cc2Br)c1. The van der Waals surface area contributed by atoms with Crippen molar-refractivity contribution >= 4 is 161 Å². The third kappa shape index (κ3) is 17.1. The first-order valence-electron chi connectivity index (χ1n) is 17.5. The van der Waals surface area contributed by atoms with Crippen LogP contribution in [0.15, 0.2) is 94.9 Å². The summed E-state index contributed by atoms with van der Waals surface area (Å²) in [4.78, 5) is 39.5. The molecule has 60 heavy (non-hydrogen) atoms. The zero-order valence-electron chi connectivity index (χ0n) is 31.0. The zero-order valence-corrected chi connectivity index (χ0v) is 45.3. The lowest BCUT2D eigenvalue weighted by molar-refractivity contribution is 0.0235. The van der Waals surface area contributed by atoms with E-state index in [1.54, 1.807) is 0 Å². The zero-order chi connectivity index (χ0) is 43.6. The highest BCUT2D eigenvalue weighted by atomic mass is 79.9. The third-order valence-corrected chi connectivity index (χ3v) is 12.3. The molecule has 0 spiro atoms. The summed E-state index contributed by atoms with van der Waals surface area (Å²) in [6.07, 6.45) is 0. The van der Waals surface area contributed by atoms with E-state index in [4.69, 9.17) is 42.6 Å². The molecule has 0 amide bonds. The van der Waals surface area contributed by atoms with E-state index in [9.17, 15) is 14.4 Å². The van der Waals surface area contributed by atoms with Crippen molar-refractivity contribution in [2.75, 3.05) is 79.3 Å². The van der Waals surface area contributed by atoms with Crippen molar-refractivity contribution in [1.29, 1.82) is 0 Å². The average Bonchev–Trinajstić information content (AvgIpc) is 3.18. The fraction of sp³-hybridized carbons (Fsp3) is 0.308. The molecule has 4 aromatic carbocycles. The summed E-state index contributed by atoms with van der Waals surface area (Å²) >= 11 is 31.0. The Morgan fingerprint density at radius 1 is 0.350 bits per heavy atom. The van der Waals surface area contributed by atoms with E-state index in [1.807, 2.05) is 36.4 Å². The summed E-state index contributed by atoms with van der Waals surface area (Å²) in [5, 5.41) is 0. The quantitative estimate of drug-likeness (QED) is 0.0375. The van der Waals surface area contributed by atoms with Gasteiger partial charge in [0, 0.05) is 13.4 Å². The highest BCUT2D eigenvalue weighted by Crippen LogP contribution is 2.38. The molecule has 0 bridgehead atoms. The minimum atomic E-state index is -0.870. The molecule has 324 valence electrons. The minimum absolute atomic E-state index is 0.0119. The molecule has 0 saturated heterocycles. The number of hydrogen-bond acceptors (Lipinski definition) is 12. The molecule has 0 heterocycles. The Morgan fingerprint density at radius 3 is 1.00 bits per heavy atom. The van der Waals surface area contributed by atoms with Crippen molar-refractivity contribution in [3.63, 3.8) is 0 Å². The van der Waals surface area contributed by atoms with E-state index in [2.05, 4.69) is 143 Å². The van der Waals surface area contributed by atoms with Crippen LogP contribution in [0, 0.1) is 0 Å². The molecule has 0 aliphatic heterocycles. The summed E-state index contributed by atoms with van der Waals surface area (Å²) in [5.41, 5.74) is -0.295. The Balaban J connectivity index is 1.26. The van der Waals surface area contributed by atoms with Gasteiger partial charge in [-0.1, -0.05) is 47.8 Å². The largest absolute Gasteiger partial charge is 0.489 e. The van der Waals surface area contributed by atoms with Crippen LogP contribution in [0.5, 0.6) is 17.2 Å². The molecule has 0 fully saturated rings. The molecule has 0 atom stereocenters. The summed E-state index contributed by atoms with van der Waals surface area (Å²) < 4.78 is 57.4. The molecule has 0 N–H and O–H groups in total. The Morgan fingerprint density at radius 2 is 0.650 bits per heavy atom. The number of esters is 3. The predicted octanol–water partition coefficient (Wildman–Crippen LogP) is 12.3. The van der Waals surface area contributed by atoms with Crippen LogP contribution in [-0.2, 0) is 28.4 Å². The van der Waals surface area contributed by atoms with Crippen molar-refractivity contribution in [1.82, 2.24) is 0 Å². The van der Waals surface area contributed by atoms with Gasteiger partial charge in [0.05, 0.1) is 83.2 Å². The van der Waals surface area contributed by atoms with Gasteiger partial charge in [-0.2, -0.15) is 0 Å². The standard InChI is InChI=1S/C39H33Br9O12/c40-23-16-28(43)34(29(44)17-23)55-9-3-52-6-12-58-37(49)22-1-2-26(38(50)59-13-7-53-4-10-56-35-30(45)18-24(41)19-31(35)46)27(15-22)39(51)60-14-8-54-5-11-57-36-32(47)20-25(42)21-33(36)48/h1-2,15-21H,3-14H2.